The van der Waals surface area contributed by atoms with E-state index in [9.17, 15) is 4.79 Å². The number of amides is 1. The van der Waals surface area contributed by atoms with E-state index in [1.54, 1.807) is 18.2 Å². The second-order valence-corrected chi connectivity index (χ2v) is 6.95. The lowest BCUT2D eigenvalue weighted by Gasteiger charge is -2.29. The molecule has 0 bridgehead atoms. The third kappa shape index (κ3) is 5.61. The summed E-state index contributed by atoms with van der Waals surface area (Å²) in [4.78, 5) is 12.4. The van der Waals surface area contributed by atoms with E-state index in [1.807, 2.05) is 13.8 Å². The number of hydrogen-bond donors (Lipinski definition) is 1. The molecule has 1 aromatic rings. The van der Waals surface area contributed by atoms with Gasteiger partial charge in [-0.25, -0.2) is 0 Å². The summed E-state index contributed by atoms with van der Waals surface area (Å²) in [6.45, 7) is 11.1. The van der Waals surface area contributed by atoms with Crippen LogP contribution in [0.25, 0.3) is 0 Å². The highest BCUT2D eigenvalue weighted by Gasteiger charge is 2.33. The third-order valence-electron chi connectivity index (χ3n) is 4.35. The van der Waals surface area contributed by atoms with Gasteiger partial charge in [-0.1, -0.05) is 13.8 Å². The summed E-state index contributed by atoms with van der Waals surface area (Å²) in [6, 6.07) is 5.27. The van der Waals surface area contributed by atoms with Gasteiger partial charge in [-0.2, -0.15) is 0 Å². The zero-order valence-corrected chi connectivity index (χ0v) is 16.3. The number of carbonyl (C=O) groups is 1. The molecule has 0 atom stereocenters. The number of benzene rings is 1. The van der Waals surface area contributed by atoms with Gasteiger partial charge in [0, 0.05) is 17.5 Å². The number of carbonyl (C=O) groups excluding carboxylic acids is 1. The van der Waals surface area contributed by atoms with Crippen molar-refractivity contribution in [2.45, 2.75) is 46.8 Å². The Kier molecular flexibility index (Phi) is 7.72. The molecule has 0 aliphatic carbocycles. The van der Waals surface area contributed by atoms with Gasteiger partial charge in [0.15, 0.2) is 17.8 Å². The maximum atomic E-state index is 12.4. The predicted molar refractivity (Wildman–Crippen MR) is 99.8 cm³/mol. The van der Waals surface area contributed by atoms with Gasteiger partial charge in [0.05, 0.1) is 26.4 Å². The van der Waals surface area contributed by atoms with Gasteiger partial charge < -0.3 is 24.3 Å². The van der Waals surface area contributed by atoms with Gasteiger partial charge in [-0.3, -0.25) is 4.79 Å². The van der Waals surface area contributed by atoms with Crippen LogP contribution in [-0.4, -0.2) is 45.2 Å². The van der Waals surface area contributed by atoms with Gasteiger partial charge in [0.25, 0.3) is 5.91 Å². The summed E-state index contributed by atoms with van der Waals surface area (Å²) in [5, 5.41) is 2.97. The molecule has 0 saturated carbocycles. The van der Waals surface area contributed by atoms with Crippen molar-refractivity contribution in [1.82, 2.24) is 5.32 Å². The van der Waals surface area contributed by atoms with E-state index >= 15 is 0 Å². The molecule has 1 aliphatic heterocycles. The largest absolute Gasteiger partial charge is 0.490 e. The average Bonchev–Trinajstić information content (AvgIpc) is 3.16. The molecule has 1 heterocycles. The monoisotopic (exact) mass is 365 g/mol. The van der Waals surface area contributed by atoms with E-state index in [4.69, 9.17) is 18.9 Å². The summed E-state index contributed by atoms with van der Waals surface area (Å²) in [5.41, 5.74) is 0.501. The first-order chi connectivity index (χ1) is 12.5. The highest BCUT2D eigenvalue weighted by molar-refractivity contribution is 5.94. The van der Waals surface area contributed by atoms with E-state index < -0.39 is 0 Å². The van der Waals surface area contributed by atoms with Crippen molar-refractivity contribution in [2.24, 2.45) is 5.41 Å². The Balaban J connectivity index is 1.84. The molecule has 1 N–H and O–H groups in total. The molecule has 1 aliphatic rings. The zero-order valence-electron chi connectivity index (χ0n) is 16.3. The van der Waals surface area contributed by atoms with Crippen molar-refractivity contribution < 1.29 is 23.7 Å². The number of nitrogens with one attached hydrogen (secondary N) is 1. The molecule has 146 valence electrons. The Bertz CT molecular complexity index is 582. The highest BCUT2D eigenvalue weighted by atomic mass is 16.7. The molecule has 1 aromatic carbocycles. The van der Waals surface area contributed by atoms with E-state index in [-0.39, 0.29) is 17.6 Å². The molecular weight excluding hydrogens is 334 g/mol. The smallest absolute Gasteiger partial charge is 0.251 e. The Morgan fingerprint density at radius 1 is 1.15 bits per heavy atom. The minimum absolute atomic E-state index is 0.0670. The zero-order chi connectivity index (χ0) is 19.0. The molecule has 0 radical (unpaired) electrons. The molecule has 0 aromatic heterocycles. The molecule has 0 unspecified atom stereocenters. The molecule has 2 rings (SSSR count). The van der Waals surface area contributed by atoms with Gasteiger partial charge in [0.2, 0.25) is 0 Å². The second-order valence-electron chi connectivity index (χ2n) is 6.95. The van der Waals surface area contributed by atoms with Gasteiger partial charge in [0.1, 0.15) is 0 Å². The first-order valence-electron chi connectivity index (χ1n) is 9.39. The van der Waals surface area contributed by atoms with Crippen LogP contribution in [-0.2, 0) is 9.47 Å². The summed E-state index contributed by atoms with van der Waals surface area (Å²) in [5.74, 6) is 1.14. The minimum Gasteiger partial charge on any atom is -0.490 e. The molecule has 26 heavy (non-hydrogen) atoms. The van der Waals surface area contributed by atoms with Gasteiger partial charge in [-0.15, -0.1) is 0 Å². The van der Waals surface area contributed by atoms with Crippen LogP contribution < -0.4 is 14.8 Å². The van der Waals surface area contributed by atoms with Crippen LogP contribution in [0.4, 0.5) is 0 Å². The normalized spacial score (nSPS) is 15.1. The van der Waals surface area contributed by atoms with Crippen molar-refractivity contribution in [2.75, 3.05) is 33.0 Å². The van der Waals surface area contributed by atoms with Crippen LogP contribution in [0.1, 0.15) is 50.9 Å². The third-order valence-corrected chi connectivity index (χ3v) is 4.35. The molecule has 6 heteroatoms. The Labute approximate surface area is 156 Å². The molecular formula is C20H31NO5. The lowest BCUT2D eigenvalue weighted by molar-refractivity contribution is -0.122. The van der Waals surface area contributed by atoms with Crippen LogP contribution >= 0.6 is 0 Å². The SMILES string of the molecule is CCOc1ccc(C(=O)NCCCC(C)(C)C2OCCO2)cc1OCC. The summed E-state index contributed by atoms with van der Waals surface area (Å²) < 4.78 is 22.3. The summed E-state index contributed by atoms with van der Waals surface area (Å²) in [6.07, 6.45) is 1.61. The minimum atomic E-state index is -0.155. The standard InChI is InChI=1S/C20H31NO5/c1-5-23-16-9-8-15(14-17(16)24-6-2)18(22)21-11-7-10-20(3,4)19-25-12-13-26-19/h8-9,14,19H,5-7,10-13H2,1-4H3,(H,21,22). The fourth-order valence-corrected chi connectivity index (χ4v) is 2.97. The van der Waals surface area contributed by atoms with Crippen LogP contribution in [0.2, 0.25) is 0 Å². The molecule has 1 saturated heterocycles. The van der Waals surface area contributed by atoms with Crippen molar-refractivity contribution in [3.8, 4) is 11.5 Å². The van der Waals surface area contributed by atoms with E-state index in [1.165, 1.54) is 0 Å². The number of ether oxygens (including phenoxy) is 4. The number of rotatable bonds is 10. The molecule has 6 nitrogen and oxygen atoms in total. The fourth-order valence-electron chi connectivity index (χ4n) is 2.97. The summed E-state index contributed by atoms with van der Waals surface area (Å²) in [7, 11) is 0. The van der Waals surface area contributed by atoms with Crippen LogP contribution in [0, 0.1) is 5.41 Å². The Morgan fingerprint density at radius 3 is 2.46 bits per heavy atom. The Hall–Kier alpha value is -1.79. The van der Waals surface area contributed by atoms with Gasteiger partial charge >= 0.3 is 0 Å². The molecule has 1 amide bonds. The van der Waals surface area contributed by atoms with E-state index in [2.05, 4.69) is 19.2 Å². The Morgan fingerprint density at radius 2 is 1.81 bits per heavy atom. The lowest BCUT2D eigenvalue weighted by Crippen LogP contribution is -2.32. The second kappa shape index (κ2) is 9.78. The highest BCUT2D eigenvalue weighted by Crippen LogP contribution is 2.32. The fraction of sp³-hybridized carbons (Fsp3) is 0.650. The molecule has 0 spiro atoms. The van der Waals surface area contributed by atoms with Crippen molar-refractivity contribution in [3.63, 3.8) is 0 Å². The van der Waals surface area contributed by atoms with Crippen LogP contribution in [0.3, 0.4) is 0 Å². The number of hydrogen-bond acceptors (Lipinski definition) is 5. The summed E-state index contributed by atoms with van der Waals surface area (Å²) >= 11 is 0. The maximum Gasteiger partial charge on any atom is 0.251 e. The van der Waals surface area contributed by atoms with Gasteiger partial charge in [-0.05, 0) is 44.9 Å². The van der Waals surface area contributed by atoms with Crippen LogP contribution in [0.5, 0.6) is 11.5 Å². The topological polar surface area (TPSA) is 66.0 Å². The maximum absolute atomic E-state index is 12.4. The van der Waals surface area contributed by atoms with E-state index in [0.717, 1.165) is 12.8 Å². The first kappa shape index (κ1) is 20.5. The van der Waals surface area contributed by atoms with E-state index in [0.29, 0.717) is 50.0 Å². The lowest BCUT2D eigenvalue weighted by atomic mass is 9.87. The average molecular weight is 365 g/mol. The molecule has 1 fully saturated rings. The van der Waals surface area contributed by atoms with Crippen LogP contribution in [0.15, 0.2) is 18.2 Å². The quantitative estimate of drug-likeness (QED) is 0.644. The van der Waals surface area contributed by atoms with Crippen molar-refractivity contribution in [1.29, 1.82) is 0 Å². The van der Waals surface area contributed by atoms with Crippen molar-refractivity contribution >= 4 is 5.91 Å². The predicted octanol–water partition coefficient (Wildman–Crippen LogP) is 3.39. The first-order valence-corrected chi connectivity index (χ1v) is 9.39. The van der Waals surface area contributed by atoms with Crippen molar-refractivity contribution in [3.05, 3.63) is 23.8 Å².